The van der Waals surface area contributed by atoms with Crippen molar-refractivity contribution < 1.29 is 23.8 Å². The van der Waals surface area contributed by atoms with Crippen LogP contribution in [0.4, 0.5) is 15.3 Å². The van der Waals surface area contributed by atoms with Gasteiger partial charge in [0.15, 0.2) is 0 Å². The van der Waals surface area contributed by atoms with Gasteiger partial charge >= 0.3 is 12.2 Å². The number of carbonyl (C=O) groups is 2. The Morgan fingerprint density at radius 2 is 2.24 bits per heavy atom. The van der Waals surface area contributed by atoms with Crippen molar-refractivity contribution in [2.45, 2.75) is 13.0 Å². The molecule has 0 spiro atoms. The molecular weight excluding hydrogens is 276 g/mol. The molecule has 7 heteroatoms. The van der Waals surface area contributed by atoms with E-state index in [4.69, 9.17) is 9.47 Å². The molecule has 1 atom stereocenters. The standard InChI is InChI=1S/C14H18N2O5/c1-9-4-5-10(6-12(9)19-2)16-8-11(21-14(16)18)7-15-13(17)20-3/h4-6,11H,7-8H2,1-3H3,(H,15,17)/t11-/m0/s1. The molecule has 0 unspecified atom stereocenters. The summed E-state index contributed by atoms with van der Waals surface area (Å²) >= 11 is 0. The number of hydrogen-bond acceptors (Lipinski definition) is 5. The van der Waals surface area contributed by atoms with E-state index in [1.807, 2.05) is 19.1 Å². The maximum atomic E-state index is 11.9. The quantitative estimate of drug-likeness (QED) is 0.914. The van der Waals surface area contributed by atoms with Gasteiger partial charge in [0.1, 0.15) is 11.9 Å². The molecule has 2 amide bonds. The average Bonchev–Trinajstić information content (AvgIpc) is 2.86. The van der Waals surface area contributed by atoms with E-state index in [0.29, 0.717) is 18.0 Å². The molecule has 1 aromatic carbocycles. The summed E-state index contributed by atoms with van der Waals surface area (Å²) in [6, 6.07) is 5.49. The summed E-state index contributed by atoms with van der Waals surface area (Å²) in [6.07, 6.45) is -1.41. The van der Waals surface area contributed by atoms with Crippen LogP contribution >= 0.6 is 0 Å². The van der Waals surface area contributed by atoms with Crippen molar-refractivity contribution in [1.29, 1.82) is 0 Å². The summed E-state index contributed by atoms with van der Waals surface area (Å²) < 4.78 is 14.9. The van der Waals surface area contributed by atoms with Gasteiger partial charge in [0.2, 0.25) is 0 Å². The Hall–Kier alpha value is -2.44. The molecule has 0 radical (unpaired) electrons. The van der Waals surface area contributed by atoms with Crippen LogP contribution in [0, 0.1) is 6.92 Å². The third-order valence-corrected chi connectivity index (χ3v) is 3.24. The first-order valence-corrected chi connectivity index (χ1v) is 6.49. The largest absolute Gasteiger partial charge is 0.496 e. The molecule has 2 rings (SSSR count). The van der Waals surface area contributed by atoms with Gasteiger partial charge in [0.25, 0.3) is 0 Å². The second-order valence-electron chi connectivity index (χ2n) is 4.64. The number of benzene rings is 1. The Balaban J connectivity index is 2.04. The highest BCUT2D eigenvalue weighted by atomic mass is 16.6. The van der Waals surface area contributed by atoms with Gasteiger partial charge in [-0.05, 0) is 18.6 Å². The van der Waals surface area contributed by atoms with E-state index in [2.05, 4.69) is 10.1 Å². The second kappa shape index (κ2) is 6.34. The summed E-state index contributed by atoms with van der Waals surface area (Å²) in [5.74, 6) is 0.705. The van der Waals surface area contributed by atoms with E-state index < -0.39 is 18.3 Å². The van der Waals surface area contributed by atoms with Crippen LogP contribution in [0.2, 0.25) is 0 Å². The van der Waals surface area contributed by atoms with E-state index >= 15 is 0 Å². The highest BCUT2D eigenvalue weighted by Crippen LogP contribution is 2.28. The minimum Gasteiger partial charge on any atom is -0.496 e. The van der Waals surface area contributed by atoms with Crippen molar-refractivity contribution in [3.63, 3.8) is 0 Å². The van der Waals surface area contributed by atoms with Gasteiger partial charge in [-0.1, -0.05) is 6.07 Å². The number of hydrogen-bond donors (Lipinski definition) is 1. The van der Waals surface area contributed by atoms with Gasteiger partial charge in [-0.25, -0.2) is 9.59 Å². The van der Waals surface area contributed by atoms with Crippen LogP contribution in [0.3, 0.4) is 0 Å². The number of amides is 2. The molecule has 0 aromatic heterocycles. The number of aryl methyl sites for hydroxylation is 1. The molecule has 1 saturated heterocycles. The zero-order valence-electron chi connectivity index (χ0n) is 12.2. The molecule has 21 heavy (non-hydrogen) atoms. The van der Waals surface area contributed by atoms with Crippen LogP contribution in [0.25, 0.3) is 0 Å². The Kier molecular flexibility index (Phi) is 4.52. The number of carbonyl (C=O) groups excluding carboxylic acids is 2. The summed E-state index contributed by atoms with van der Waals surface area (Å²) in [5.41, 5.74) is 1.68. The predicted octanol–water partition coefficient (Wildman–Crippen LogP) is 1.68. The fourth-order valence-electron chi connectivity index (χ4n) is 2.08. The van der Waals surface area contributed by atoms with Crippen LogP contribution < -0.4 is 15.0 Å². The highest BCUT2D eigenvalue weighted by molar-refractivity contribution is 5.90. The lowest BCUT2D eigenvalue weighted by atomic mass is 10.2. The van der Waals surface area contributed by atoms with Crippen molar-refractivity contribution in [1.82, 2.24) is 5.32 Å². The predicted molar refractivity (Wildman–Crippen MR) is 75.8 cm³/mol. The molecule has 1 heterocycles. The van der Waals surface area contributed by atoms with Crippen LogP contribution in [0.1, 0.15) is 5.56 Å². The number of methoxy groups -OCH3 is 2. The number of nitrogens with zero attached hydrogens (tertiary/aromatic N) is 1. The number of ether oxygens (including phenoxy) is 3. The molecule has 114 valence electrons. The topological polar surface area (TPSA) is 77.1 Å². The van der Waals surface area contributed by atoms with Gasteiger partial charge in [-0.3, -0.25) is 4.90 Å². The lowest BCUT2D eigenvalue weighted by Gasteiger charge is -2.15. The first-order chi connectivity index (χ1) is 10.0. The molecule has 0 bridgehead atoms. The van der Waals surface area contributed by atoms with Gasteiger partial charge in [0.05, 0.1) is 33.0 Å². The molecule has 7 nitrogen and oxygen atoms in total. The monoisotopic (exact) mass is 294 g/mol. The number of rotatable bonds is 4. The minimum absolute atomic E-state index is 0.206. The fourth-order valence-corrected chi connectivity index (χ4v) is 2.08. The molecule has 1 aliphatic heterocycles. The van der Waals surface area contributed by atoms with Crippen molar-refractivity contribution in [3.8, 4) is 5.75 Å². The summed E-state index contributed by atoms with van der Waals surface area (Å²) in [6.45, 7) is 2.49. The van der Waals surface area contributed by atoms with E-state index in [1.165, 1.54) is 12.0 Å². The first-order valence-electron chi connectivity index (χ1n) is 6.49. The normalized spacial score (nSPS) is 17.4. The van der Waals surface area contributed by atoms with E-state index in [-0.39, 0.29) is 6.54 Å². The van der Waals surface area contributed by atoms with Crippen LogP contribution in [0.15, 0.2) is 18.2 Å². The van der Waals surface area contributed by atoms with Gasteiger partial charge in [-0.15, -0.1) is 0 Å². The third-order valence-electron chi connectivity index (χ3n) is 3.24. The maximum absolute atomic E-state index is 11.9. The maximum Gasteiger partial charge on any atom is 0.414 e. The SMILES string of the molecule is COC(=O)NC[C@H]1CN(c2ccc(C)c(OC)c2)C(=O)O1. The minimum atomic E-state index is -0.554. The Morgan fingerprint density at radius 1 is 1.48 bits per heavy atom. The third kappa shape index (κ3) is 3.36. The van der Waals surface area contributed by atoms with Crippen molar-refractivity contribution in [2.75, 3.05) is 32.2 Å². The first kappa shape index (κ1) is 15.0. The van der Waals surface area contributed by atoms with E-state index in [9.17, 15) is 9.59 Å². The fraction of sp³-hybridized carbons (Fsp3) is 0.429. The Labute approximate surface area is 122 Å². The van der Waals surface area contributed by atoms with Crippen molar-refractivity contribution >= 4 is 17.9 Å². The van der Waals surface area contributed by atoms with Gasteiger partial charge in [0, 0.05) is 6.07 Å². The van der Waals surface area contributed by atoms with Crippen LogP contribution in [-0.4, -0.2) is 45.6 Å². The number of anilines is 1. The summed E-state index contributed by atoms with van der Waals surface area (Å²) in [4.78, 5) is 24.4. The lowest BCUT2D eigenvalue weighted by molar-refractivity contribution is 0.132. The zero-order valence-corrected chi connectivity index (χ0v) is 12.2. The summed E-state index contributed by atoms with van der Waals surface area (Å²) in [7, 11) is 2.86. The molecule has 1 N–H and O–H groups in total. The van der Waals surface area contributed by atoms with Crippen molar-refractivity contribution in [3.05, 3.63) is 23.8 Å². The average molecular weight is 294 g/mol. The number of cyclic esters (lactones) is 1. The smallest absolute Gasteiger partial charge is 0.414 e. The molecule has 1 aromatic rings. The molecule has 0 aliphatic carbocycles. The summed E-state index contributed by atoms with van der Waals surface area (Å²) in [5, 5.41) is 2.51. The molecule has 1 aliphatic rings. The van der Waals surface area contributed by atoms with E-state index in [1.54, 1.807) is 13.2 Å². The second-order valence-corrected chi connectivity index (χ2v) is 4.64. The number of alkyl carbamates (subject to hydrolysis) is 1. The molecule has 1 fully saturated rings. The van der Waals surface area contributed by atoms with E-state index in [0.717, 1.165) is 5.56 Å². The van der Waals surface area contributed by atoms with Crippen LogP contribution in [-0.2, 0) is 9.47 Å². The molecule has 0 saturated carbocycles. The van der Waals surface area contributed by atoms with Gasteiger partial charge < -0.3 is 19.5 Å². The zero-order chi connectivity index (χ0) is 15.4. The number of nitrogens with one attached hydrogen (secondary N) is 1. The van der Waals surface area contributed by atoms with Crippen molar-refractivity contribution in [2.24, 2.45) is 0 Å². The van der Waals surface area contributed by atoms with Crippen LogP contribution in [0.5, 0.6) is 5.75 Å². The Morgan fingerprint density at radius 3 is 2.90 bits per heavy atom. The highest BCUT2D eigenvalue weighted by Gasteiger charge is 2.32. The van der Waals surface area contributed by atoms with Gasteiger partial charge in [-0.2, -0.15) is 0 Å². The Bertz CT molecular complexity index is 546. The lowest BCUT2D eigenvalue weighted by Crippen LogP contribution is -2.34. The molecular formula is C14H18N2O5.